The van der Waals surface area contributed by atoms with Gasteiger partial charge in [0.2, 0.25) is 12.3 Å². The van der Waals surface area contributed by atoms with Crippen LogP contribution in [0.15, 0.2) is 65.9 Å². The van der Waals surface area contributed by atoms with Gasteiger partial charge in [0.15, 0.2) is 0 Å². The Bertz CT molecular complexity index is 1540. The smallest absolute Gasteiger partial charge is 0.248 e. The average Bonchev–Trinajstić information content (AvgIpc) is 3.86. The first kappa shape index (κ1) is 28.8. The van der Waals surface area contributed by atoms with Gasteiger partial charge in [-0.1, -0.05) is 62.4 Å². The Kier molecular flexibility index (Phi) is 8.67. The van der Waals surface area contributed by atoms with Crippen molar-refractivity contribution in [3.8, 4) is 33.6 Å². The van der Waals surface area contributed by atoms with Crippen molar-refractivity contribution in [1.82, 2.24) is 30.2 Å². The normalized spacial score (nSPS) is 19.5. The first-order valence-electron chi connectivity index (χ1n) is 15.1. The number of hydrogen-bond acceptors (Lipinski definition) is 7. The number of aromatic amines is 2. The van der Waals surface area contributed by atoms with Gasteiger partial charge in [-0.25, -0.2) is 15.0 Å². The molecule has 2 aliphatic rings. The van der Waals surface area contributed by atoms with Gasteiger partial charge in [0, 0.05) is 6.54 Å². The van der Waals surface area contributed by atoms with Crippen molar-refractivity contribution >= 4 is 12.3 Å². The number of nitrogens with one attached hydrogen (secondary N) is 3. The molecule has 2 aromatic heterocycles. The lowest BCUT2D eigenvalue weighted by Crippen LogP contribution is -2.40. The van der Waals surface area contributed by atoms with E-state index in [1.807, 2.05) is 31.1 Å². The van der Waals surface area contributed by atoms with Gasteiger partial charge in [0.05, 0.1) is 43.0 Å². The lowest BCUT2D eigenvalue weighted by atomic mass is 10.0. The fourth-order valence-electron chi connectivity index (χ4n) is 6.05. The van der Waals surface area contributed by atoms with E-state index in [1.165, 1.54) is 19.9 Å². The second-order valence-corrected chi connectivity index (χ2v) is 11.6. The predicted octanol–water partition coefficient (Wildman–Crippen LogP) is 5.85. The van der Waals surface area contributed by atoms with E-state index in [2.05, 4.69) is 83.7 Å². The fourth-order valence-corrected chi connectivity index (χ4v) is 6.05. The summed E-state index contributed by atoms with van der Waals surface area (Å²) in [4.78, 5) is 45.3. The van der Waals surface area contributed by atoms with E-state index in [4.69, 9.17) is 4.89 Å². The largest absolute Gasteiger partial charge is 0.341 e. The maximum Gasteiger partial charge on any atom is 0.248 e. The molecular formula is C33H39N7O3. The quantitative estimate of drug-likeness (QED) is 0.0935. The third-order valence-corrected chi connectivity index (χ3v) is 8.40. The fraction of sp³-hybridized carbons (Fsp3) is 0.394. The van der Waals surface area contributed by atoms with E-state index in [-0.39, 0.29) is 17.9 Å². The summed E-state index contributed by atoms with van der Waals surface area (Å²) in [7, 11) is 1.40. The van der Waals surface area contributed by atoms with Crippen LogP contribution in [0.2, 0.25) is 0 Å². The zero-order chi connectivity index (χ0) is 29.8. The molecule has 2 fully saturated rings. The number of rotatable bonds is 10. The molecular weight excluding hydrogens is 542 g/mol. The number of aliphatic imine (C=N–C) groups is 1. The molecule has 0 bridgehead atoms. The molecule has 2 aliphatic heterocycles. The Morgan fingerprint density at radius 3 is 2.09 bits per heavy atom. The van der Waals surface area contributed by atoms with Gasteiger partial charge in [-0.3, -0.25) is 4.79 Å². The van der Waals surface area contributed by atoms with E-state index in [0.29, 0.717) is 12.6 Å². The number of H-pyrrole nitrogens is 2. The van der Waals surface area contributed by atoms with Gasteiger partial charge < -0.3 is 25.1 Å². The second kappa shape index (κ2) is 12.9. The predicted molar refractivity (Wildman–Crippen MR) is 166 cm³/mol. The third-order valence-electron chi connectivity index (χ3n) is 8.40. The number of hydrogen-bond donors (Lipinski definition) is 3. The van der Waals surface area contributed by atoms with Crippen molar-refractivity contribution < 1.29 is 14.6 Å². The van der Waals surface area contributed by atoms with Gasteiger partial charge in [-0.2, -0.15) is 4.89 Å². The highest BCUT2D eigenvalue weighted by Crippen LogP contribution is 2.34. The van der Waals surface area contributed by atoms with Crippen molar-refractivity contribution in [2.24, 2.45) is 10.9 Å². The second-order valence-electron chi connectivity index (χ2n) is 11.6. The Balaban J connectivity index is 1.13. The molecule has 4 aromatic rings. The first-order chi connectivity index (χ1) is 21.0. The van der Waals surface area contributed by atoms with Gasteiger partial charge in [0.25, 0.3) is 0 Å². The molecule has 43 heavy (non-hydrogen) atoms. The molecule has 4 heterocycles. The average molecular weight is 582 g/mol. The zero-order valence-electron chi connectivity index (χ0n) is 24.9. The third kappa shape index (κ3) is 6.25. The number of carbonyl (C=O) groups is 1. The molecule has 10 heteroatoms. The molecule has 0 unspecified atom stereocenters. The maximum absolute atomic E-state index is 13.4. The highest BCUT2D eigenvalue weighted by Gasteiger charge is 2.36. The molecule has 1 amide bonds. The number of amides is 1. The van der Waals surface area contributed by atoms with E-state index in [0.717, 1.165) is 71.1 Å². The summed E-state index contributed by atoms with van der Waals surface area (Å²) < 4.78 is 0. The number of benzene rings is 2. The van der Waals surface area contributed by atoms with Crippen molar-refractivity contribution in [2.45, 2.75) is 57.7 Å². The Labute approximate surface area is 251 Å². The van der Waals surface area contributed by atoms with Crippen LogP contribution in [0, 0.1) is 5.92 Å². The van der Waals surface area contributed by atoms with E-state index < -0.39 is 6.04 Å². The monoisotopic (exact) mass is 581 g/mol. The van der Waals surface area contributed by atoms with Crippen LogP contribution >= 0.6 is 0 Å². The van der Waals surface area contributed by atoms with E-state index in [9.17, 15) is 4.79 Å². The molecule has 2 saturated heterocycles. The molecule has 0 spiro atoms. The van der Waals surface area contributed by atoms with E-state index >= 15 is 0 Å². The van der Waals surface area contributed by atoms with Crippen LogP contribution in [0.25, 0.3) is 33.6 Å². The van der Waals surface area contributed by atoms with Gasteiger partial charge in [-0.15, -0.1) is 0 Å². The molecule has 0 radical (unpaired) electrons. The van der Waals surface area contributed by atoms with Crippen molar-refractivity contribution in [1.29, 1.82) is 0 Å². The van der Waals surface area contributed by atoms with Gasteiger partial charge in [-0.05, 0) is 60.4 Å². The molecule has 0 aliphatic carbocycles. The number of likely N-dealkylation sites (tertiary alicyclic amines) is 1. The zero-order valence-corrected chi connectivity index (χ0v) is 24.9. The van der Waals surface area contributed by atoms with E-state index in [1.54, 1.807) is 0 Å². The van der Waals surface area contributed by atoms with Gasteiger partial charge in [0.1, 0.15) is 17.7 Å². The molecule has 3 N–H and O–H groups in total. The van der Waals surface area contributed by atoms with Crippen molar-refractivity contribution in [3.63, 3.8) is 0 Å². The van der Waals surface area contributed by atoms with Crippen LogP contribution < -0.4 is 5.32 Å². The molecule has 10 nitrogen and oxygen atoms in total. The van der Waals surface area contributed by atoms with Crippen LogP contribution in [0.5, 0.6) is 0 Å². The van der Waals surface area contributed by atoms with Gasteiger partial charge >= 0.3 is 0 Å². The molecule has 0 saturated carbocycles. The number of aromatic nitrogens is 4. The summed E-state index contributed by atoms with van der Waals surface area (Å²) in [5.41, 5.74) is 6.42. The lowest BCUT2D eigenvalue weighted by Gasteiger charge is -2.27. The molecule has 2 aromatic carbocycles. The minimum absolute atomic E-state index is 0.0183. The van der Waals surface area contributed by atoms with Crippen LogP contribution in [0.1, 0.15) is 63.3 Å². The number of imidazole rings is 2. The SMILES string of the molecule is COOC=N[C@H](C(=O)N1CCC[C@H]1c1ncc(-c2ccc(-c3ccc(-c4cnc([C@@H]5CCCN5)[nH]4)cc3)cc2)[nH]1)C(C)C. The summed E-state index contributed by atoms with van der Waals surface area (Å²) in [6, 6.07) is 16.7. The van der Waals surface area contributed by atoms with Crippen molar-refractivity contribution in [3.05, 3.63) is 72.6 Å². The van der Waals surface area contributed by atoms with Crippen LogP contribution in [-0.2, 0) is 14.6 Å². The van der Waals surface area contributed by atoms with Crippen molar-refractivity contribution in [2.75, 3.05) is 20.2 Å². The number of carbonyl (C=O) groups excluding carboxylic acids is 1. The molecule has 3 atom stereocenters. The summed E-state index contributed by atoms with van der Waals surface area (Å²) >= 11 is 0. The maximum atomic E-state index is 13.4. The standard InChI is InChI=1S/C33H39N7O3/c1-21(2)30(37-20-43-42-3)33(41)40-17-5-7-29(40)32-36-19-28(39-32)25-14-10-23(11-15-25)22-8-12-24(13-9-22)27-18-35-31(38-27)26-6-4-16-34-26/h8-15,18-21,26,29-30,34H,4-7,16-17H2,1-3H3,(H,35,38)(H,36,39)/t26-,29-,30-/m0/s1. The molecule has 6 rings (SSSR count). The summed E-state index contributed by atoms with van der Waals surface area (Å²) in [6.07, 6.45) is 9.06. The van der Waals surface area contributed by atoms with Crippen LogP contribution in [0.3, 0.4) is 0 Å². The first-order valence-corrected chi connectivity index (χ1v) is 15.1. The summed E-state index contributed by atoms with van der Waals surface area (Å²) in [6.45, 7) is 5.68. The Hall–Kier alpha value is -4.28. The van der Waals surface area contributed by atoms with Crippen LogP contribution in [-0.4, -0.2) is 63.4 Å². The minimum atomic E-state index is -0.544. The Morgan fingerprint density at radius 1 is 0.907 bits per heavy atom. The summed E-state index contributed by atoms with van der Waals surface area (Å²) in [5, 5.41) is 3.49. The molecule has 224 valence electrons. The van der Waals surface area contributed by atoms with Crippen LogP contribution in [0.4, 0.5) is 0 Å². The number of nitrogens with zero attached hydrogens (tertiary/aromatic N) is 4. The topological polar surface area (TPSA) is 121 Å². The summed E-state index contributed by atoms with van der Waals surface area (Å²) in [5.74, 6) is 1.81. The highest BCUT2D eigenvalue weighted by atomic mass is 17.2. The highest BCUT2D eigenvalue weighted by molar-refractivity contribution is 5.84. The minimum Gasteiger partial charge on any atom is -0.341 e. The lowest BCUT2D eigenvalue weighted by molar-refractivity contribution is -0.188. The Morgan fingerprint density at radius 2 is 1.51 bits per heavy atom.